The summed E-state index contributed by atoms with van der Waals surface area (Å²) in [5.74, 6) is 1.18. The van der Waals surface area contributed by atoms with Crippen LogP contribution in [0.15, 0.2) is 12.1 Å². The highest BCUT2D eigenvalue weighted by atomic mass is 35.5. The van der Waals surface area contributed by atoms with Crippen LogP contribution in [0.25, 0.3) is 0 Å². The predicted octanol–water partition coefficient (Wildman–Crippen LogP) is 1.95. The molecule has 0 aromatic carbocycles. The Morgan fingerprint density at radius 1 is 1.47 bits per heavy atom. The second-order valence-corrected chi connectivity index (χ2v) is 3.80. The Balaban J connectivity index is 2.38. The molecule has 1 atom stereocenters. The Labute approximate surface area is 94.7 Å². The third-order valence-electron chi connectivity index (χ3n) is 2.32. The topological polar surface area (TPSA) is 58.0 Å². The van der Waals surface area contributed by atoms with Crippen molar-refractivity contribution in [3.05, 3.63) is 17.3 Å². The average Bonchev–Trinajstić information content (AvgIpc) is 2.26. The molecule has 1 heterocycles. The maximum absolute atomic E-state index is 8.83. The molecule has 1 rings (SSSR count). The average molecular weight is 230 g/mol. The van der Waals surface area contributed by atoms with Crippen LogP contribution in [0, 0.1) is 5.92 Å². The lowest BCUT2D eigenvalue weighted by molar-refractivity contribution is 0.258. The largest absolute Gasteiger partial charge is 0.396 e. The number of hydrogen-bond donors (Lipinski definition) is 2. The molecule has 0 aliphatic carbocycles. The Bertz CT molecular complexity index is 279. The van der Waals surface area contributed by atoms with Gasteiger partial charge in [-0.1, -0.05) is 24.9 Å². The number of halogens is 1. The first-order valence-electron chi connectivity index (χ1n) is 5.10. The monoisotopic (exact) mass is 229 g/mol. The Kier molecular flexibility index (Phi) is 5.36. The molecule has 0 saturated heterocycles. The summed E-state index contributed by atoms with van der Waals surface area (Å²) in [6, 6.07) is 3.49. The molecule has 1 aromatic heterocycles. The first-order chi connectivity index (χ1) is 7.26. The maximum Gasteiger partial charge on any atom is 0.151 e. The Morgan fingerprint density at radius 3 is 2.80 bits per heavy atom. The van der Waals surface area contributed by atoms with E-state index in [2.05, 4.69) is 22.4 Å². The summed E-state index contributed by atoms with van der Waals surface area (Å²) in [6.07, 6.45) is 1.85. The molecule has 2 N–H and O–H groups in total. The van der Waals surface area contributed by atoms with Gasteiger partial charge in [-0.2, -0.15) is 0 Å². The van der Waals surface area contributed by atoms with Gasteiger partial charge in [0.25, 0.3) is 0 Å². The zero-order valence-corrected chi connectivity index (χ0v) is 9.54. The third-order valence-corrected chi connectivity index (χ3v) is 2.52. The highest BCUT2D eigenvalue weighted by molar-refractivity contribution is 6.29. The predicted molar refractivity (Wildman–Crippen MR) is 61.0 cm³/mol. The summed E-state index contributed by atoms with van der Waals surface area (Å²) < 4.78 is 0. The summed E-state index contributed by atoms with van der Waals surface area (Å²) in [5, 5.41) is 20.0. The lowest BCUT2D eigenvalue weighted by Crippen LogP contribution is -2.15. The van der Waals surface area contributed by atoms with Crippen LogP contribution in [0.1, 0.15) is 19.8 Å². The van der Waals surface area contributed by atoms with E-state index in [4.69, 9.17) is 16.7 Å². The highest BCUT2D eigenvalue weighted by Gasteiger charge is 2.05. The number of aliphatic hydroxyl groups excluding tert-OH is 1. The van der Waals surface area contributed by atoms with E-state index < -0.39 is 0 Å². The van der Waals surface area contributed by atoms with E-state index in [-0.39, 0.29) is 6.61 Å². The third kappa shape index (κ3) is 4.44. The van der Waals surface area contributed by atoms with Crippen molar-refractivity contribution in [3.63, 3.8) is 0 Å². The van der Waals surface area contributed by atoms with Gasteiger partial charge in [0.2, 0.25) is 0 Å². The molecule has 0 aliphatic heterocycles. The van der Waals surface area contributed by atoms with Gasteiger partial charge in [0.15, 0.2) is 5.15 Å². The molecule has 0 aliphatic rings. The minimum absolute atomic E-state index is 0.229. The first kappa shape index (κ1) is 12.2. The van der Waals surface area contributed by atoms with E-state index in [1.807, 2.05) is 0 Å². The van der Waals surface area contributed by atoms with Crippen LogP contribution in [-0.2, 0) is 0 Å². The van der Waals surface area contributed by atoms with E-state index >= 15 is 0 Å². The van der Waals surface area contributed by atoms with Gasteiger partial charge in [0, 0.05) is 13.2 Å². The van der Waals surface area contributed by atoms with Crippen LogP contribution >= 0.6 is 11.6 Å². The molecule has 0 bridgehead atoms. The quantitative estimate of drug-likeness (QED) is 0.783. The number of nitrogens with one attached hydrogen (secondary N) is 1. The molecule has 5 heteroatoms. The molecule has 1 aromatic rings. The van der Waals surface area contributed by atoms with E-state index in [0.717, 1.165) is 25.2 Å². The second kappa shape index (κ2) is 6.58. The van der Waals surface area contributed by atoms with Crippen LogP contribution < -0.4 is 5.32 Å². The molecule has 0 spiro atoms. The normalized spacial score (nSPS) is 12.5. The summed E-state index contributed by atoms with van der Waals surface area (Å²) in [4.78, 5) is 0. The van der Waals surface area contributed by atoms with Crippen molar-refractivity contribution in [2.45, 2.75) is 19.8 Å². The number of hydrogen-bond acceptors (Lipinski definition) is 4. The fourth-order valence-electron chi connectivity index (χ4n) is 1.29. The zero-order chi connectivity index (χ0) is 11.1. The van der Waals surface area contributed by atoms with Gasteiger partial charge in [-0.25, -0.2) is 0 Å². The number of anilines is 1. The molecule has 4 nitrogen and oxygen atoms in total. The Hall–Kier alpha value is -0.870. The summed E-state index contributed by atoms with van der Waals surface area (Å²) in [5.41, 5.74) is 0. The molecule has 0 fully saturated rings. The standard InChI is InChI=1S/C10H16ClN3O/c1-2-8(5-6-15)7-12-10-4-3-9(11)13-14-10/h3-4,8,15H,2,5-7H2,1H3,(H,12,14). The van der Waals surface area contributed by atoms with Gasteiger partial charge < -0.3 is 10.4 Å². The van der Waals surface area contributed by atoms with Gasteiger partial charge in [0.05, 0.1) is 0 Å². The molecular formula is C10H16ClN3O. The number of nitrogens with zero attached hydrogens (tertiary/aromatic N) is 2. The molecule has 1 unspecified atom stereocenters. The summed E-state index contributed by atoms with van der Waals surface area (Å²) in [7, 11) is 0. The van der Waals surface area contributed by atoms with Gasteiger partial charge in [-0.3, -0.25) is 0 Å². The van der Waals surface area contributed by atoms with Crippen LogP contribution in [0.5, 0.6) is 0 Å². The molecule has 84 valence electrons. The first-order valence-corrected chi connectivity index (χ1v) is 5.48. The fraction of sp³-hybridized carbons (Fsp3) is 0.600. The number of aliphatic hydroxyl groups is 1. The fourth-order valence-corrected chi connectivity index (χ4v) is 1.39. The van der Waals surface area contributed by atoms with Crippen LogP contribution in [0.2, 0.25) is 5.15 Å². The van der Waals surface area contributed by atoms with Gasteiger partial charge in [-0.15, -0.1) is 10.2 Å². The number of rotatable bonds is 6. The van der Waals surface area contributed by atoms with Crippen molar-refractivity contribution in [1.29, 1.82) is 0 Å². The van der Waals surface area contributed by atoms with Crippen molar-refractivity contribution in [1.82, 2.24) is 10.2 Å². The van der Waals surface area contributed by atoms with Crippen molar-refractivity contribution in [2.75, 3.05) is 18.5 Å². The van der Waals surface area contributed by atoms with Crippen molar-refractivity contribution < 1.29 is 5.11 Å². The molecule has 0 amide bonds. The highest BCUT2D eigenvalue weighted by Crippen LogP contribution is 2.10. The summed E-state index contributed by atoms with van der Waals surface area (Å²) in [6.45, 7) is 3.13. The maximum atomic E-state index is 8.83. The van der Waals surface area contributed by atoms with E-state index in [1.165, 1.54) is 0 Å². The van der Waals surface area contributed by atoms with Crippen molar-refractivity contribution in [2.24, 2.45) is 5.92 Å². The Morgan fingerprint density at radius 2 is 2.27 bits per heavy atom. The van der Waals surface area contributed by atoms with E-state index in [0.29, 0.717) is 11.1 Å². The van der Waals surface area contributed by atoms with Crippen LogP contribution in [0.4, 0.5) is 5.82 Å². The van der Waals surface area contributed by atoms with Gasteiger partial charge in [0.1, 0.15) is 5.82 Å². The molecular weight excluding hydrogens is 214 g/mol. The minimum Gasteiger partial charge on any atom is -0.396 e. The van der Waals surface area contributed by atoms with Crippen molar-refractivity contribution in [3.8, 4) is 0 Å². The molecule has 15 heavy (non-hydrogen) atoms. The lowest BCUT2D eigenvalue weighted by Gasteiger charge is -2.14. The molecule has 0 radical (unpaired) electrons. The minimum atomic E-state index is 0.229. The zero-order valence-electron chi connectivity index (χ0n) is 8.78. The van der Waals surface area contributed by atoms with E-state index in [9.17, 15) is 0 Å². The SMILES string of the molecule is CCC(CCO)CNc1ccc(Cl)nn1. The van der Waals surface area contributed by atoms with Crippen molar-refractivity contribution >= 4 is 17.4 Å². The van der Waals surface area contributed by atoms with Gasteiger partial charge >= 0.3 is 0 Å². The summed E-state index contributed by atoms with van der Waals surface area (Å²) >= 11 is 5.62. The number of aromatic nitrogens is 2. The van der Waals surface area contributed by atoms with Crippen LogP contribution in [0.3, 0.4) is 0 Å². The van der Waals surface area contributed by atoms with Gasteiger partial charge in [-0.05, 0) is 24.5 Å². The lowest BCUT2D eigenvalue weighted by atomic mass is 10.0. The van der Waals surface area contributed by atoms with Crippen LogP contribution in [-0.4, -0.2) is 28.5 Å². The smallest absolute Gasteiger partial charge is 0.151 e. The van der Waals surface area contributed by atoms with E-state index in [1.54, 1.807) is 12.1 Å². The molecule has 0 saturated carbocycles. The second-order valence-electron chi connectivity index (χ2n) is 3.41.